The summed E-state index contributed by atoms with van der Waals surface area (Å²) in [6, 6.07) is 39.8. The predicted molar refractivity (Wildman–Crippen MR) is 227 cm³/mol. The van der Waals surface area contributed by atoms with Gasteiger partial charge in [0.1, 0.15) is 0 Å². The smallest absolute Gasteiger partial charge is 0.264 e. The quantitative estimate of drug-likeness (QED) is 0.0858. The molecular formula is C44H48ClN5O3S2. The monoisotopic (exact) mass is 793 g/mol. The molecule has 8 nitrogen and oxygen atoms in total. The number of benzene rings is 5. The average molecular weight is 794 g/mol. The molecule has 1 saturated carbocycles. The van der Waals surface area contributed by atoms with E-state index in [1.165, 1.54) is 28.9 Å². The number of aryl methyl sites for hydroxylation is 1. The summed E-state index contributed by atoms with van der Waals surface area (Å²) in [6.07, 6.45) is 3.44. The number of rotatable bonds is 16. The Labute approximate surface area is 334 Å². The number of anilines is 2. The van der Waals surface area contributed by atoms with E-state index in [0.29, 0.717) is 11.6 Å². The summed E-state index contributed by atoms with van der Waals surface area (Å²) in [5.74, 6) is 0.221. The second-order valence-corrected chi connectivity index (χ2v) is 17.6. The highest BCUT2D eigenvalue weighted by molar-refractivity contribution is 7.99. The van der Waals surface area contributed by atoms with Crippen LogP contribution in [-0.4, -0.2) is 69.8 Å². The third-order valence-corrected chi connectivity index (χ3v) is 13.0. The molecular weight excluding hydrogens is 746 g/mol. The van der Waals surface area contributed by atoms with E-state index in [0.717, 1.165) is 79.0 Å². The largest absolute Gasteiger partial charge is 0.381 e. The number of hydrogen-bond donors (Lipinski definition) is 3. The first-order valence-corrected chi connectivity index (χ1v) is 21.8. The molecule has 286 valence electrons. The first-order valence-electron chi connectivity index (χ1n) is 19.0. The van der Waals surface area contributed by atoms with Crippen molar-refractivity contribution >= 4 is 50.7 Å². The number of hydrogen-bond acceptors (Lipinski definition) is 8. The van der Waals surface area contributed by atoms with E-state index in [-0.39, 0.29) is 10.9 Å². The number of carbonyl (C=O) groups excluding carboxylic acids is 1. The zero-order valence-corrected chi connectivity index (χ0v) is 33.5. The van der Waals surface area contributed by atoms with Crippen LogP contribution >= 0.6 is 23.4 Å². The standard InChI is InChI=1S/C44H48ClN5O3S2/c1-32-29-41(21-22-43(32)47-38(23-24-46-37-17-18-37)31-54-40-8-3-2-4-9-40)55(52,53)48-44(51)34-13-19-39(20-14-34)50-27-25-49(26-28-50)30-35-7-5-6-10-42(35)33-11-15-36(45)16-12-33/h2-16,19-22,29,37-38,46-47H,17-18,23-28,30-31H2,1H3,(H,48,51)/t38-/m1/s1. The fraction of sp³-hybridized carbons (Fsp3) is 0.295. The molecule has 1 heterocycles. The minimum atomic E-state index is -4.09. The predicted octanol–water partition coefficient (Wildman–Crippen LogP) is 8.47. The van der Waals surface area contributed by atoms with Gasteiger partial charge in [-0.25, -0.2) is 13.1 Å². The van der Waals surface area contributed by atoms with Gasteiger partial charge in [-0.3, -0.25) is 9.69 Å². The topological polar surface area (TPSA) is 93.8 Å². The highest BCUT2D eigenvalue weighted by Gasteiger charge is 2.23. The molecule has 1 amide bonds. The van der Waals surface area contributed by atoms with Gasteiger partial charge in [0.25, 0.3) is 15.9 Å². The van der Waals surface area contributed by atoms with E-state index >= 15 is 0 Å². The molecule has 7 rings (SSSR count). The number of carbonyl (C=O) groups is 1. The SMILES string of the molecule is Cc1cc(S(=O)(=O)NC(=O)c2ccc(N3CCN(Cc4ccccc4-c4ccc(Cl)cc4)CC3)cc2)ccc1N[C@H](CCNC1CC1)CSc1ccccc1. The summed E-state index contributed by atoms with van der Waals surface area (Å²) < 4.78 is 29.0. The van der Waals surface area contributed by atoms with Crippen molar-refractivity contribution in [2.24, 2.45) is 0 Å². The van der Waals surface area contributed by atoms with E-state index in [1.807, 2.05) is 61.2 Å². The highest BCUT2D eigenvalue weighted by Crippen LogP contribution is 2.28. The van der Waals surface area contributed by atoms with Gasteiger partial charge < -0.3 is 15.5 Å². The maximum Gasteiger partial charge on any atom is 0.264 e. The van der Waals surface area contributed by atoms with Crippen molar-refractivity contribution < 1.29 is 13.2 Å². The minimum Gasteiger partial charge on any atom is -0.381 e. The lowest BCUT2D eigenvalue weighted by Gasteiger charge is -2.36. The second-order valence-electron chi connectivity index (χ2n) is 14.4. The van der Waals surface area contributed by atoms with E-state index in [9.17, 15) is 13.2 Å². The van der Waals surface area contributed by atoms with Crippen molar-refractivity contribution in [3.63, 3.8) is 0 Å². The number of nitrogens with zero attached hydrogens (tertiary/aromatic N) is 2. The van der Waals surface area contributed by atoms with Crippen molar-refractivity contribution in [2.45, 2.75) is 54.6 Å². The van der Waals surface area contributed by atoms with Gasteiger partial charge in [0.2, 0.25) is 0 Å². The van der Waals surface area contributed by atoms with Crippen molar-refractivity contribution in [1.82, 2.24) is 14.9 Å². The van der Waals surface area contributed by atoms with Gasteiger partial charge in [-0.15, -0.1) is 11.8 Å². The van der Waals surface area contributed by atoms with Crippen LogP contribution in [0.2, 0.25) is 5.02 Å². The molecule has 0 bridgehead atoms. The van der Waals surface area contributed by atoms with Gasteiger partial charge in [0, 0.05) is 77.4 Å². The van der Waals surface area contributed by atoms with Gasteiger partial charge in [0.15, 0.2) is 0 Å². The zero-order chi connectivity index (χ0) is 38.2. The van der Waals surface area contributed by atoms with Crippen LogP contribution in [0.4, 0.5) is 11.4 Å². The molecule has 5 aromatic carbocycles. The lowest BCUT2D eigenvalue weighted by Crippen LogP contribution is -2.46. The van der Waals surface area contributed by atoms with Crippen LogP contribution in [0.3, 0.4) is 0 Å². The van der Waals surface area contributed by atoms with E-state index in [1.54, 1.807) is 30.3 Å². The molecule has 3 N–H and O–H groups in total. The summed E-state index contributed by atoms with van der Waals surface area (Å²) in [5.41, 5.74) is 6.63. The number of sulfonamides is 1. The zero-order valence-electron chi connectivity index (χ0n) is 31.1. The molecule has 0 aromatic heterocycles. The van der Waals surface area contributed by atoms with Gasteiger partial charge in [-0.05, 0) is 122 Å². The normalized spacial score (nSPS) is 15.4. The maximum absolute atomic E-state index is 13.4. The Morgan fingerprint density at radius 1 is 0.855 bits per heavy atom. The lowest BCUT2D eigenvalue weighted by molar-refractivity contribution is 0.0981. The summed E-state index contributed by atoms with van der Waals surface area (Å²) in [7, 11) is -4.09. The van der Waals surface area contributed by atoms with Gasteiger partial charge in [-0.1, -0.05) is 66.2 Å². The molecule has 1 aliphatic carbocycles. The number of piperazine rings is 1. The fourth-order valence-corrected chi connectivity index (χ4v) is 9.06. The van der Waals surface area contributed by atoms with E-state index < -0.39 is 15.9 Å². The van der Waals surface area contributed by atoms with Crippen LogP contribution in [0.25, 0.3) is 11.1 Å². The molecule has 0 spiro atoms. The van der Waals surface area contributed by atoms with Crippen LogP contribution < -0.4 is 20.3 Å². The number of thioether (sulfide) groups is 1. The average Bonchev–Trinajstić information content (AvgIpc) is 4.03. The molecule has 5 aromatic rings. The van der Waals surface area contributed by atoms with Crippen LogP contribution in [0, 0.1) is 6.92 Å². The van der Waals surface area contributed by atoms with Gasteiger partial charge >= 0.3 is 0 Å². The van der Waals surface area contributed by atoms with Crippen LogP contribution in [0.5, 0.6) is 0 Å². The lowest BCUT2D eigenvalue weighted by atomic mass is 9.99. The number of halogens is 1. The molecule has 55 heavy (non-hydrogen) atoms. The summed E-state index contributed by atoms with van der Waals surface area (Å²) in [5, 5.41) is 7.99. The third kappa shape index (κ3) is 10.7. The summed E-state index contributed by atoms with van der Waals surface area (Å²) >= 11 is 7.94. The Bertz CT molecular complexity index is 2160. The molecule has 2 aliphatic rings. The minimum absolute atomic E-state index is 0.0554. The third-order valence-electron chi connectivity index (χ3n) is 10.2. The Morgan fingerprint density at radius 3 is 2.27 bits per heavy atom. The summed E-state index contributed by atoms with van der Waals surface area (Å²) in [6.45, 7) is 7.16. The van der Waals surface area contributed by atoms with Crippen LogP contribution in [-0.2, 0) is 16.6 Å². The van der Waals surface area contributed by atoms with Gasteiger partial charge in [0.05, 0.1) is 4.90 Å². The van der Waals surface area contributed by atoms with E-state index in [2.05, 4.69) is 73.7 Å². The Kier molecular flexibility index (Phi) is 12.8. The first kappa shape index (κ1) is 38.9. The van der Waals surface area contributed by atoms with Gasteiger partial charge in [-0.2, -0.15) is 0 Å². The fourth-order valence-electron chi connectivity index (χ4n) is 6.88. The Balaban J connectivity index is 0.921. The van der Waals surface area contributed by atoms with Crippen molar-refractivity contribution in [3.8, 4) is 11.1 Å². The molecule has 1 aliphatic heterocycles. The van der Waals surface area contributed by atoms with Crippen molar-refractivity contribution in [3.05, 3.63) is 143 Å². The van der Waals surface area contributed by atoms with Crippen molar-refractivity contribution in [2.75, 3.05) is 48.7 Å². The second kappa shape index (κ2) is 18.1. The molecule has 11 heteroatoms. The highest BCUT2D eigenvalue weighted by atomic mass is 35.5. The Hall–Kier alpha value is -4.32. The molecule has 1 atom stereocenters. The molecule has 0 radical (unpaired) electrons. The van der Waals surface area contributed by atoms with Crippen molar-refractivity contribution in [1.29, 1.82) is 0 Å². The van der Waals surface area contributed by atoms with E-state index in [4.69, 9.17) is 11.6 Å². The maximum atomic E-state index is 13.4. The van der Waals surface area contributed by atoms with Crippen LogP contribution in [0.15, 0.2) is 131 Å². The molecule has 1 saturated heterocycles. The first-order chi connectivity index (χ1) is 26.7. The molecule has 0 unspecified atom stereocenters. The Morgan fingerprint density at radius 2 is 1.56 bits per heavy atom. The number of amides is 1. The summed E-state index contributed by atoms with van der Waals surface area (Å²) in [4.78, 5) is 19.2. The molecule has 2 fully saturated rings. The van der Waals surface area contributed by atoms with Crippen LogP contribution in [0.1, 0.15) is 40.7 Å². The number of nitrogens with one attached hydrogen (secondary N) is 3.